The topological polar surface area (TPSA) is 53.7 Å². The van der Waals surface area contributed by atoms with Crippen LogP contribution in [0.2, 0.25) is 0 Å². The van der Waals surface area contributed by atoms with Gasteiger partial charge in [-0.2, -0.15) is 9.61 Å². The maximum atomic E-state index is 12.8. The first-order valence-electron chi connectivity index (χ1n) is 9.89. The Morgan fingerprint density at radius 2 is 2.00 bits per heavy atom. The van der Waals surface area contributed by atoms with Gasteiger partial charge in [0, 0.05) is 43.5 Å². The molecule has 1 aliphatic heterocycles. The molecule has 6 nitrogen and oxygen atoms in total. The Labute approximate surface area is 156 Å². The lowest BCUT2D eigenvalue weighted by molar-refractivity contribution is -0.135. The van der Waals surface area contributed by atoms with Crippen molar-refractivity contribution in [3.8, 4) is 0 Å². The largest absolute Gasteiger partial charge is 0.356 e. The zero-order valence-corrected chi connectivity index (χ0v) is 16.7. The Bertz CT molecular complexity index is 793. The molecule has 0 spiro atoms. The molecule has 1 aliphatic rings. The van der Waals surface area contributed by atoms with Gasteiger partial charge in [-0.3, -0.25) is 4.79 Å². The molecule has 2 aromatic heterocycles. The lowest BCUT2D eigenvalue weighted by Gasteiger charge is -2.35. The molecule has 142 valence electrons. The summed E-state index contributed by atoms with van der Waals surface area (Å²) in [6.07, 6.45) is 2.89. The number of aromatic nitrogens is 3. The molecule has 26 heavy (non-hydrogen) atoms. The molecule has 3 heterocycles. The van der Waals surface area contributed by atoms with Crippen LogP contribution in [0.3, 0.4) is 0 Å². The fourth-order valence-electron chi connectivity index (χ4n) is 3.85. The minimum Gasteiger partial charge on any atom is -0.356 e. The molecule has 0 unspecified atom stereocenters. The van der Waals surface area contributed by atoms with Gasteiger partial charge in [0.15, 0.2) is 5.65 Å². The van der Waals surface area contributed by atoms with Crippen molar-refractivity contribution in [3.63, 3.8) is 0 Å². The Hall–Kier alpha value is -2.11. The van der Waals surface area contributed by atoms with Crippen molar-refractivity contribution in [2.45, 2.75) is 53.9 Å². The summed E-state index contributed by atoms with van der Waals surface area (Å²) in [7, 11) is 0. The number of amides is 1. The monoisotopic (exact) mass is 357 g/mol. The molecule has 1 fully saturated rings. The van der Waals surface area contributed by atoms with E-state index in [-0.39, 0.29) is 11.8 Å². The summed E-state index contributed by atoms with van der Waals surface area (Å²) in [5, 5.41) is 4.72. The highest BCUT2D eigenvalue weighted by Crippen LogP contribution is 2.27. The van der Waals surface area contributed by atoms with Gasteiger partial charge in [-0.15, -0.1) is 0 Å². The van der Waals surface area contributed by atoms with Crippen LogP contribution in [0.4, 0.5) is 5.82 Å². The highest BCUT2D eigenvalue weighted by atomic mass is 16.2. The second-order valence-corrected chi connectivity index (χ2v) is 7.20. The number of anilines is 1. The number of carbonyl (C=O) groups excluding carboxylic acids is 1. The molecule has 6 heteroatoms. The molecule has 0 radical (unpaired) electrons. The van der Waals surface area contributed by atoms with Crippen molar-refractivity contribution >= 4 is 17.4 Å². The number of carbonyl (C=O) groups is 1. The molecule has 3 rings (SSSR count). The van der Waals surface area contributed by atoms with Crippen LogP contribution in [-0.4, -0.2) is 51.6 Å². The highest BCUT2D eigenvalue weighted by Gasteiger charge is 2.30. The predicted molar refractivity (Wildman–Crippen MR) is 105 cm³/mol. The summed E-state index contributed by atoms with van der Waals surface area (Å²) >= 11 is 0. The average Bonchev–Trinajstić information content (AvgIpc) is 2.96. The fourth-order valence-corrected chi connectivity index (χ4v) is 3.85. The number of hydrogen-bond acceptors (Lipinski definition) is 4. The molecule has 1 saturated heterocycles. The van der Waals surface area contributed by atoms with Crippen LogP contribution in [0, 0.1) is 19.8 Å². The van der Waals surface area contributed by atoms with Crippen LogP contribution in [0.5, 0.6) is 0 Å². The van der Waals surface area contributed by atoms with Crippen molar-refractivity contribution in [2.75, 3.05) is 31.1 Å². The maximum Gasteiger partial charge on any atom is 0.227 e. The van der Waals surface area contributed by atoms with E-state index >= 15 is 0 Å². The maximum absolute atomic E-state index is 12.8. The molecule has 1 amide bonds. The smallest absolute Gasteiger partial charge is 0.227 e. The number of fused-ring (bicyclic) bond motifs is 1. The second-order valence-electron chi connectivity index (χ2n) is 7.20. The number of rotatable bonds is 5. The summed E-state index contributed by atoms with van der Waals surface area (Å²) in [6, 6.07) is 2.14. The molecule has 0 saturated carbocycles. The Balaban J connectivity index is 1.95. The van der Waals surface area contributed by atoms with Gasteiger partial charge in [0.2, 0.25) is 5.91 Å². The van der Waals surface area contributed by atoms with Crippen LogP contribution in [0.1, 0.15) is 50.6 Å². The third kappa shape index (κ3) is 3.29. The number of hydrogen-bond donors (Lipinski definition) is 0. The quantitative estimate of drug-likeness (QED) is 0.825. The van der Waals surface area contributed by atoms with Crippen LogP contribution in [0.15, 0.2) is 6.07 Å². The van der Waals surface area contributed by atoms with Gasteiger partial charge in [0.05, 0.1) is 11.6 Å². The van der Waals surface area contributed by atoms with E-state index in [4.69, 9.17) is 10.1 Å². The zero-order chi connectivity index (χ0) is 18.8. The van der Waals surface area contributed by atoms with E-state index in [0.29, 0.717) is 0 Å². The van der Waals surface area contributed by atoms with E-state index in [0.717, 1.165) is 73.9 Å². The summed E-state index contributed by atoms with van der Waals surface area (Å²) in [6.45, 7) is 13.6. The van der Waals surface area contributed by atoms with E-state index in [1.54, 1.807) is 0 Å². The summed E-state index contributed by atoms with van der Waals surface area (Å²) in [5.74, 6) is 1.42. The SMILES string of the molecule is CCc1cc(N2CCC[C@H](C(=O)N(CC)CC)C2)n2nc(C)c(C)c2n1. The molecular formula is C20H31N5O. The lowest BCUT2D eigenvalue weighted by atomic mass is 9.96. The van der Waals surface area contributed by atoms with Gasteiger partial charge in [-0.05, 0) is 47.0 Å². The van der Waals surface area contributed by atoms with Crippen LogP contribution in [-0.2, 0) is 11.2 Å². The number of nitrogens with zero attached hydrogens (tertiary/aromatic N) is 5. The predicted octanol–water partition coefficient (Wildman–Crippen LogP) is 2.99. The summed E-state index contributed by atoms with van der Waals surface area (Å²) in [4.78, 5) is 21.9. The van der Waals surface area contributed by atoms with Crippen LogP contribution in [0.25, 0.3) is 5.65 Å². The number of aryl methyl sites for hydroxylation is 3. The molecule has 2 aromatic rings. The first-order valence-corrected chi connectivity index (χ1v) is 9.89. The molecule has 0 N–H and O–H groups in total. The van der Waals surface area contributed by atoms with Crippen LogP contribution >= 0.6 is 0 Å². The van der Waals surface area contributed by atoms with Gasteiger partial charge < -0.3 is 9.80 Å². The normalized spacial score (nSPS) is 17.7. The van der Waals surface area contributed by atoms with Gasteiger partial charge in [0.1, 0.15) is 5.82 Å². The Morgan fingerprint density at radius 1 is 1.27 bits per heavy atom. The Morgan fingerprint density at radius 3 is 2.65 bits per heavy atom. The van der Waals surface area contributed by atoms with Crippen molar-refractivity contribution in [1.29, 1.82) is 0 Å². The van der Waals surface area contributed by atoms with Gasteiger partial charge in [-0.25, -0.2) is 4.98 Å². The highest BCUT2D eigenvalue weighted by molar-refractivity contribution is 5.79. The molecule has 0 bridgehead atoms. The Kier molecular flexibility index (Phi) is 5.49. The molecule has 0 aromatic carbocycles. The van der Waals surface area contributed by atoms with E-state index in [2.05, 4.69) is 38.7 Å². The first-order chi connectivity index (χ1) is 12.5. The minimum atomic E-state index is 0.0645. The third-order valence-corrected chi connectivity index (χ3v) is 5.62. The van der Waals surface area contributed by atoms with Crippen molar-refractivity contribution in [1.82, 2.24) is 19.5 Å². The minimum absolute atomic E-state index is 0.0645. The van der Waals surface area contributed by atoms with E-state index in [9.17, 15) is 4.79 Å². The summed E-state index contributed by atoms with van der Waals surface area (Å²) in [5.41, 5.74) is 4.16. The van der Waals surface area contributed by atoms with E-state index < -0.39 is 0 Å². The first kappa shape index (κ1) is 18.7. The van der Waals surface area contributed by atoms with Gasteiger partial charge in [0.25, 0.3) is 0 Å². The standard InChI is InChI=1S/C20H31N5O/c1-6-17-12-18(25-19(21-17)14(4)15(5)22-25)24-11-9-10-16(13-24)20(26)23(7-2)8-3/h12,16H,6-11,13H2,1-5H3/t16-/m0/s1. The summed E-state index contributed by atoms with van der Waals surface area (Å²) < 4.78 is 1.97. The van der Waals surface area contributed by atoms with Crippen LogP contribution < -0.4 is 4.90 Å². The number of piperidine rings is 1. The van der Waals surface area contributed by atoms with Gasteiger partial charge in [-0.1, -0.05) is 6.92 Å². The second kappa shape index (κ2) is 7.64. The molecular weight excluding hydrogens is 326 g/mol. The van der Waals surface area contributed by atoms with Crippen molar-refractivity contribution in [2.24, 2.45) is 5.92 Å². The molecule has 0 aliphatic carbocycles. The average molecular weight is 358 g/mol. The van der Waals surface area contributed by atoms with Crippen molar-refractivity contribution in [3.05, 3.63) is 23.0 Å². The van der Waals surface area contributed by atoms with Gasteiger partial charge >= 0.3 is 0 Å². The fraction of sp³-hybridized carbons (Fsp3) is 0.650. The third-order valence-electron chi connectivity index (χ3n) is 5.62. The lowest BCUT2D eigenvalue weighted by Crippen LogP contribution is -2.45. The zero-order valence-electron chi connectivity index (χ0n) is 16.7. The van der Waals surface area contributed by atoms with Crippen molar-refractivity contribution < 1.29 is 4.79 Å². The molecule has 1 atom stereocenters. The van der Waals surface area contributed by atoms with E-state index in [1.165, 1.54) is 0 Å². The van der Waals surface area contributed by atoms with E-state index in [1.807, 2.05) is 16.3 Å².